The van der Waals surface area contributed by atoms with Crippen LogP contribution in [-0.4, -0.2) is 98.9 Å². The highest BCUT2D eigenvalue weighted by Gasteiger charge is 2.21. The number of aryl methyl sites for hydroxylation is 1. The number of aromatic amines is 2. The molecule has 17 heteroatoms. The fraction of sp³-hybridized carbons (Fsp3) is 0.244. The Morgan fingerprint density at radius 2 is 1.27 bits per heavy atom. The van der Waals surface area contributed by atoms with Crippen LogP contribution in [0.5, 0.6) is 11.9 Å². The number of hydrogen-bond acceptors (Lipinski definition) is 9. The molecule has 8 heterocycles. The van der Waals surface area contributed by atoms with E-state index < -0.39 is 0 Å². The maximum absolute atomic E-state index is 6.31. The highest BCUT2D eigenvalue weighted by molar-refractivity contribution is 5.84. The molecule has 0 amide bonds. The molecule has 0 radical (unpaired) electrons. The van der Waals surface area contributed by atoms with E-state index in [1.54, 1.807) is 12.4 Å². The second-order valence-electron chi connectivity index (χ2n) is 16.1. The van der Waals surface area contributed by atoms with Gasteiger partial charge in [-0.25, -0.2) is 24.9 Å². The number of benzene rings is 2. The Morgan fingerprint density at radius 3 is 2.06 bits per heavy atom. The third kappa shape index (κ3) is 6.44. The molecule has 0 aliphatic carbocycles. The number of aromatic nitrogens is 14. The van der Waals surface area contributed by atoms with Crippen molar-refractivity contribution in [1.82, 2.24) is 72.2 Å². The number of nitrogens with zero attached hydrogens (tertiary/aromatic N) is 13. The predicted octanol–water partition coefficient (Wildman–Crippen LogP) is 7.21. The maximum Gasteiger partial charge on any atom is 0.301 e. The summed E-state index contributed by atoms with van der Waals surface area (Å²) in [5, 5.41) is 3.59. The zero-order chi connectivity index (χ0) is 43.0. The largest absolute Gasteiger partial charge is 0.407 e. The summed E-state index contributed by atoms with van der Waals surface area (Å²) in [6.45, 7) is 3.08. The molecule has 10 rings (SSSR count). The van der Waals surface area contributed by atoms with Crippen LogP contribution in [0.1, 0.15) is 6.92 Å². The van der Waals surface area contributed by atoms with Gasteiger partial charge in [0.2, 0.25) is 5.88 Å². The van der Waals surface area contributed by atoms with Gasteiger partial charge in [0.1, 0.15) is 23.0 Å². The highest BCUT2D eigenvalue weighted by atomic mass is 16.5. The third-order valence-electron chi connectivity index (χ3n) is 12.1. The van der Waals surface area contributed by atoms with Crippen LogP contribution in [0.3, 0.4) is 0 Å². The molecule has 8 aromatic heterocycles. The lowest BCUT2D eigenvalue weighted by Gasteiger charge is -2.21. The first kappa shape index (κ1) is 38.5. The smallest absolute Gasteiger partial charge is 0.301 e. The van der Waals surface area contributed by atoms with Gasteiger partial charge in [-0.1, -0.05) is 6.07 Å². The number of fused-ring (bicyclic) bond motifs is 2. The first-order chi connectivity index (χ1) is 29.9. The van der Waals surface area contributed by atoms with Crippen LogP contribution in [0, 0.1) is 0 Å². The zero-order valence-corrected chi connectivity index (χ0v) is 36.2. The van der Waals surface area contributed by atoms with Crippen molar-refractivity contribution >= 4 is 27.9 Å². The number of rotatable bonds is 12. The molecule has 3 N–H and O–H groups in total. The summed E-state index contributed by atoms with van der Waals surface area (Å²) >= 11 is 0. The van der Waals surface area contributed by atoms with Crippen molar-refractivity contribution in [3.05, 3.63) is 91.6 Å². The zero-order valence-electron chi connectivity index (χ0n) is 36.2. The molecular formula is C45H48N16O. The fourth-order valence-corrected chi connectivity index (χ4v) is 8.03. The number of nitrogens with one attached hydrogen (secondary N) is 3. The molecular weight excluding hydrogens is 781 g/mol. The second kappa shape index (κ2) is 14.8. The van der Waals surface area contributed by atoms with E-state index in [1.165, 1.54) is 0 Å². The first-order valence-electron chi connectivity index (χ1n) is 20.4. The van der Waals surface area contributed by atoms with Gasteiger partial charge in [-0.3, -0.25) is 4.57 Å². The van der Waals surface area contributed by atoms with Crippen molar-refractivity contribution in [2.24, 2.45) is 42.3 Å². The summed E-state index contributed by atoms with van der Waals surface area (Å²) in [5.74, 6) is 5.38. The molecule has 0 saturated heterocycles. The molecule has 0 saturated carbocycles. The number of likely N-dealkylation sites (N-methyl/N-ethyl adjacent to an activating group) is 1. The second-order valence-corrected chi connectivity index (χ2v) is 16.1. The fourth-order valence-electron chi connectivity index (χ4n) is 8.03. The summed E-state index contributed by atoms with van der Waals surface area (Å²) in [6.07, 6.45) is 9.02. The van der Waals surface area contributed by atoms with Gasteiger partial charge in [0.15, 0.2) is 23.3 Å². The molecule has 0 spiro atoms. The number of H-pyrrole nitrogens is 2. The third-order valence-corrected chi connectivity index (χ3v) is 12.1. The summed E-state index contributed by atoms with van der Waals surface area (Å²) in [7, 11) is 16.2. The van der Waals surface area contributed by atoms with Crippen LogP contribution in [0.25, 0.3) is 90.8 Å². The van der Waals surface area contributed by atoms with Crippen molar-refractivity contribution in [2.45, 2.75) is 13.0 Å². The van der Waals surface area contributed by atoms with E-state index in [2.05, 4.69) is 117 Å². The average molecular weight is 829 g/mol. The van der Waals surface area contributed by atoms with Crippen LogP contribution in [0.2, 0.25) is 0 Å². The number of imidazole rings is 6. The van der Waals surface area contributed by atoms with Crippen molar-refractivity contribution < 1.29 is 4.74 Å². The van der Waals surface area contributed by atoms with Crippen LogP contribution in [-0.2, 0) is 42.3 Å². The summed E-state index contributed by atoms with van der Waals surface area (Å²) in [6, 6.07) is 21.8. The molecule has 1 atom stereocenters. The summed E-state index contributed by atoms with van der Waals surface area (Å²) in [5.41, 5.74) is 10.5. The summed E-state index contributed by atoms with van der Waals surface area (Å²) < 4.78 is 18.6. The standard InChI is InChI=1S/C45H48N16O/c1-26(55(2)3)22-47-38-17-16-35(58(38)6)34-15-14-33(57(34)5)27-10-12-30-32(20-27)54-45(53-30)62-39-25-50-42(61(39)9)37-24-48-41(60(37)8)28-11-13-29-31(21-28)52-40(51-29)36-23-49-44(59(36)7)43-46-18-19-56(43)4/h10-21,23-26,47H,22H2,1-9H3,(H,51,52)(H,53,54). The van der Waals surface area contributed by atoms with Gasteiger partial charge in [-0.15, -0.1) is 0 Å². The SMILES string of the molecule is CC(CNc1ccc(-c2ccc(-c3ccc4nc(Oc5cnc(-c6cnc(-c7ccc8nc(-c9cnc(-c%10nccn%10C)n9C)[nH]c8c7)n6C)n5C)[nH]c4c3)n2C)n1C)N(C)C. The lowest BCUT2D eigenvalue weighted by molar-refractivity contribution is 0.326. The number of anilines is 1. The van der Waals surface area contributed by atoms with Gasteiger partial charge in [0.05, 0.1) is 52.0 Å². The van der Waals surface area contributed by atoms with Crippen LogP contribution < -0.4 is 10.1 Å². The van der Waals surface area contributed by atoms with E-state index in [9.17, 15) is 0 Å². The molecule has 314 valence electrons. The van der Waals surface area contributed by atoms with Gasteiger partial charge in [0, 0.05) is 84.1 Å². The van der Waals surface area contributed by atoms with Crippen LogP contribution in [0.4, 0.5) is 5.82 Å². The topological polar surface area (TPSA) is 163 Å². The van der Waals surface area contributed by atoms with Gasteiger partial charge in [-0.2, -0.15) is 4.98 Å². The highest BCUT2D eigenvalue weighted by Crippen LogP contribution is 2.34. The first-order valence-corrected chi connectivity index (χ1v) is 20.4. The minimum Gasteiger partial charge on any atom is -0.407 e. The van der Waals surface area contributed by atoms with Crippen LogP contribution in [0.15, 0.2) is 91.6 Å². The summed E-state index contributed by atoms with van der Waals surface area (Å²) in [4.78, 5) is 37.4. The quantitative estimate of drug-likeness (QED) is 0.116. The van der Waals surface area contributed by atoms with Crippen molar-refractivity contribution in [1.29, 1.82) is 0 Å². The van der Waals surface area contributed by atoms with Gasteiger partial charge in [0.25, 0.3) is 0 Å². The lowest BCUT2D eigenvalue weighted by atomic mass is 10.1. The molecule has 0 aliphatic heterocycles. The molecule has 10 aromatic rings. The van der Waals surface area contributed by atoms with Crippen molar-refractivity contribution in [3.63, 3.8) is 0 Å². The molecule has 0 fully saturated rings. The van der Waals surface area contributed by atoms with E-state index in [4.69, 9.17) is 24.7 Å². The van der Waals surface area contributed by atoms with Crippen LogP contribution >= 0.6 is 0 Å². The van der Waals surface area contributed by atoms with E-state index in [0.717, 1.165) is 97.3 Å². The molecule has 2 aromatic carbocycles. The van der Waals surface area contributed by atoms with Crippen molar-refractivity contribution in [3.8, 4) is 80.6 Å². The molecule has 17 nitrogen and oxygen atoms in total. The minimum atomic E-state index is 0.378. The lowest BCUT2D eigenvalue weighted by Crippen LogP contribution is -2.31. The Labute approximate surface area is 357 Å². The monoisotopic (exact) mass is 828 g/mol. The Kier molecular flexibility index (Phi) is 9.20. The van der Waals surface area contributed by atoms with E-state index in [0.29, 0.717) is 23.8 Å². The average Bonchev–Trinajstić information content (AvgIpc) is 4.13. The van der Waals surface area contributed by atoms with Gasteiger partial charge in [-0.05, 0) is 75.6 Å². The van der Waals surface area contributed by atoms with E-state index in [1.807, 2.05) is 83.2 Å². The molecule has 62 heavy (non-hydrogen) atoms. The van der Waals surface area contributed by atoms with E-state index in [-0.39, 0.29) is 0 Å². The number of hydrogen-bond donors (Lipinski definition) is 3. The van der Waals surface area contributed by atoms with Gasteiger partial charge < -0.3 is 47.8 Å². The number of ether oxygens (including phenoxy) is 1. The molecule has 1 unspecified atom stereocenters. The molecule has 0 bridgehead atoms. The Morgan fingerprint density at radius 1 is 0.613 bits per heavy atom. The Balaban J connectivity index is 0.858. The normalized spacial score (nSPS) is 12.4. The maximum atomic E-state index is 6.31. The predicted molar refractivity (Wildman–Crippen MR) is 242 cm³/mol. The Bertz CT molecular complexity index is 3260. The van der Waals surface area contributed by atoms with E-state index >= 15 is 0 Å². The van der Waals surface area contributed by atoms with Gasteiger partial charge >= 0.3 is 6.01 Å². The Hall–Kier alpha value is -7.66. The molecule has 0 aliphatic rings. The van der Waals surface area contributed by atoms with Crippen molar-refractivity contribution in [2.75, 3.05) is 26.0 Å². The minimum absolute atomic E-state index is 0.378.